The maximum atomic E-state index is 12.3. The molecule has 19 nitrogen and oxygen atoms in total. The third-order valence-electron chi connectivity index (χ3n) is 5.50. The predicted molar refractivity (Wildman–Crippen MR) is 164 cm³/mol. The number of nitrogen functional groups attached to an aromatic ring is 1. The average molecular weight is 660 g/mol. The van der Waals surface area contributed by atoms with E-state index in [1.165, 1.54) is 30.5 Å². The highest BCUT2D eigenvalue weighted by molar-refractivity contribution is 7.80. The first kappa shape index (κ1) is 36.3. The van der Waals surface area contributed by atoms with Gasteiger partial charge in [-0.15, -0.1) is 0 Å². The SMILES string of the molecule is NC(CS)C(=O)O.Nc1nc2ncc(CNc3ccc(C(=O)NC(CCC(=O)O)C(=O)O)cc3)nc2c(=O)[nH]1.O=C1C=CC(=O)N1. The van der Waals surface area contributed by atoms with Gasteiger partial charge in [0.25, 0.3) is 23.3 Å². The molecule has 244 valence electrons. The van der Waals surface area contributed by atoms with E-state index < -0.39 is 41.5 Å². The van der Waals surface area contributed by atoms with Gasteiger partial charge in [0.15, 0.2) is 11.2 Å². The molecule has 0 aliphatic carbocycles. The van der Waals surface area contributed by atoms with E-state index in [9.17, 15) is 33.6 Å². The lowest BCUT2D eigenvalue weighted by Crippen LogP contribution is -2.41. The molecule has 3 heterocycles. The topological polar surface area (TPSA) is 323 Å². The van der Waals surface area contributed by atoms with E-state index in [0.717, 1.165) is 0 Å². The summed E-state index contributed by atoms with van der Waals surface area (Å²) in [5.41, 5.74) is 11.4. The van der Waals surface area contributed by atoms with Crippen molar-refractivity contribution in [3.05, 3.63) is 64.2 Å². The average Bonchev–Trinajstić information content (AvgIpc) is 3.40. The third kappa shape index (κ3) is 12.0. The van der Waals surface area contributed by atoms with Gasteiger partial charge >= 0.3 is 17.9 Å². The summed E-state index contributed by atoms with van der Waals surface area (Å²) in [6.45, 7) is 0.231. The first-order valence-corrected chi connectivity index (χ1v) is 13.6. The van der Waals surface area contributed by atoms with Gasteiger partial charge in [0.2, 0.25) is 5.95 Å². The zero-order chi connectivity index (χ0) is 34.4. The summed E-state index contributed by atoms with van der Waals surface area (Å²) in [6.07, 6.45) is 3.23. The van der Waals surface area contributed by atoms with E-state index in [1.807, 2.05) is 5.32 Å². The number of benzene rings is 1. The van der Waals surface area contributed by atoms with E-state index >= 15 is 0 Å². The van der Waals surface area contributed by atoms with Crippen LogP contribution in [0.15, 0.2) is 47.4 Å². The molecule has 0 bridgehead atoms. The molecule has 0 saturated carbocycles. The maximum absolute atomic E-state index is 12.3. The van der Waals surface area contributed by atoms with Crippen LogP contribution < -0.4 is 33.0 Å². The molecule has 1 aliphatic rings. The van der Waals surface area contributed by atoms with Crippen LogP contribution in [0.25, 0.3) is 11.2 Å². The van der Waals surface area contributed by atoms with E-state index in [2.05, 4.69) is 43.2 Å². The Morgan fingerprint density at radius 1 is 0.957 bits per heavy atom. The van der Waals surface area contributed by atoms with Gasteiger partial charge in [-0.3, -0.25) is 39.1 Å². The fourth-order valence-corrected chi connectivity index (χ4v) is 3.35. The number of aliphatic carboxylic acids is 3. The summed E-state index contributed by atoms with van der Waals surface area (Å²) >= 11 is 3.65. The van der Waals surface area contributed by atoms with Crippen molar-refractivity contribution in [1.82, 2.24) is 30.6 Å². The number of carbonyl (C=O) groups excluding carboxylic acids is 3. The fourth-order valence-electron chi connectivity index (χ4n) is 3.19. The Balaban J connectivity index is 0.000000433. The lowest BCUT2D eigenvalue weighted by atomic mass is 10.1. The minimum atomic E-state index is -1.31. The van der Waals surface area contributed by atoms with Crippen molar-refractivity contribution in [3.8, 4) is 0 Å². The van der Waals surface area contributed by atoms with Crippen molar-refractivity contribution in [1.29, 1.82) is 0 Å². The highest BCUT2D eigenvalue weighted by Crippen LogP contribution is 2.12. The summed E-state index contributed by atoms with van der Waals surface area (Å²) in [4.78, 5) is 90.4. The molecule has 3 amide bonds. The predicted octanol–water partition coefficient (Wildman–Crippen LogP) is -1.52. The largest absolute Gasteiger partial charge is 0.481 e. The van der Waals surface area contributed by atoms with E-state index in [-0.39, 0.29) is 59.6 Å². The van der Waals surface area contributed by atoms with Crippen LogP contribution in [0.2, 0.25) is 0 Å². The fraction of sp³-hybridized carbons (Fsp3) is 0.231. The second-order valence-electron chi connectivity index (χ2n) is 9.03. The molecule has 11 N–H and O–H groups in total. The molecule has 2 aromatic heterocycles. The lowest BCUT2D eigenvalue weighted by Gasteiger charge is -2.14. The number of nitrogens with one attached hydrogen (secondary N) is 4. The molecular weight excluding hydrogens is 630 g/mol. The highest BCUT2D eigenvalue weighted by atomic mass is 32.1. The molecule has 46 heavy (non-hydrogen) atoms. The number of rotatable bonds is 11. The Morgan fingerprint density at radius 3 is 2.07 bits per heavy atom. The molecule has 0 spiro atoms. The summed E-state index contributed by atoms with van der Waals surface area (Å²) in [5, 5.41) is 33.2. The normalized spacial score (nSPS) is 12.8. The number of carboxylic acids is 3. The van der Waals surface area contributed by atoms with E-state index in [4.69, 9.17) is 26.8 Å². The van der Waals surface area contributed by atoms with Crippen molar-refractivity contribution in [2.75, 3.05) is 16.8 Å². The highest BCUT2D eigenvalue weighted by Gasteiger charge is 2.21. The molecule has 2 atom stereocenters. The zero-order valence-corrected chi connectivity index (χ0v) is 24.6. The van der Waals surface area contributed by atoms with Gasteiger partial charge in [-0.25, -0.2) is 14.8 Å². The van der Waals surface area contributed by atoms with Gasteiger partial charge in [0, 0.05) is 35.6 Å². The number of thiol groups is 1. The summed E-state index contributed by atoms with van der Waals surface area (Å²) in [5.74, 6) is -4.63. The molecular formula is C26H29N9O10S. The summed E-state index contributed by atoms with van der Waals surface area (Å²) in [7, 11) is 0. The maximum Gasteiger partial charge on any atom is 0.326 e. The standard InChI is InChI=1S/C19H19N7O6.C4H3NO2.C3H7NO2S/c20-19-25-15-14(17(30)26-19)23-11(8-22-15)7-21-10-3-1-9(2-4-10)16(29)24-12(18(31)32)5-6-13(27)28;6-3-1-2-4(7)5-3;4-2(1-7)3(5)6/h1-4,8,12,21H,5-7H2,(H,24,29)(H,27,28)(H,31,32)(H3,20,22,25,26,30);1-2H,(H,5,6,7);2,7H,1,4H2,(H,5,6). The molecule has 4 rings (SSSR count). The number of carbonyl (C=O) groups is 6. The Labute approximate surface area is 263 Å². The van der Waals surface area contributed by atoms with Crippen LogP contribution in [-0.4, -0.2) is 88.7 Å². The number of carboxylic acid groups (broad SMARTS) is 3. The van der Waals surface area contributed by atoms with Crippen molar-refractivity contribution in [3.63, 3.8) is 0 Å². The number of hydrogen-bond donors (Lipinski definition) is 10. The molecule has 20 heteroatoms. The Bertz CT molecular complexity index is 1680. The quantitative estimate of drug-likeness (QED) is 0.0825. The van der Waals surface area contributed by atoms with E-state index in [1.54, 1.807) is 12.1 Å². The number of aromatic nitrogens is 4. The first-order chi connectivity index (χ1) is 21.7. The van der Waals surface area contributed by atoms with Gasteiger partial charge in [-0.2, -0.15) is 17.6 Å². The minimum Gasteiger partial charge on any atom is -0.481 e. The summed E-state index contributed by atoms with van der Waals surface area (Å²) < 4.78 is 0. The number of hydrogen-bond acceptors (Lipinski definition) is 14. The van der Waals surface area contributed by atoms with Crippen LogP contribution in [0.1, 0.15) is 28.9 Å². The molecule has 0 saturated heterocycles. The number of aromatic amines is 1. The van der Waals surface area contributed by atoms with Crippen LogP contribution in [0.5, 0.6) is 0 Å². The van der Waals surface area contributed by atoms with Crippen molar-refractivity contribution in [2.24, 2.45) is 5.73 Å². The number of nitrogens with zero attached hydrogens (tertiary/aromatic N) is 3. The van der Waals surface area contributed by atoms with Gasteiger partial charge < -0.3 is 37.4 Å². The second-order valence-corrected chi connectivity index (χ2v) is 9.39. The van der Waals surface area contributed by atoms with Crippen LogP contribution in [0.4, 0.5) is 11.6 Å². The zero-order valence-electron chi connectivity index (χ0n) is 23.7. The van der Waals surface area contributed by atoms with Crippen LogP contribution in [-0.2, 0) is 30.5 Å². The van der Waals surface area contributed by atoms with Crippen LogP contribution in [0.3, 0.4) is 0 Å². The molecule has 1 aromatic carbocycles. The molecule has 0 fully saturated rings. The number of anilines is 2. The van der Waals surface area contributed by atoms with Crippen molar-refractivity contribution >= 4 is 71.1 Å². The lowest BCUT2D eigenvalue weighted by molar-refractivity contribution is -0.141. The van der Waals surface area contributed by atoms with Gasteiger partial charge in [-0.05, 0) is 30.7 Å². The Hall–Kier alpha value is -5.89. The second kappa shape index (κ2) is 17.4. The number of imide groups is 1. The van der Waals surface area contributed by atoms with Gasteiger partial charge in [0.05, 0.1) is 18.4 Å². The first-order valence-electron chi connectivity index (χ1n) is 12.9. The van der Waals surface area contributed by atoms with Crippen LogP contribution >= 0.6 is 12.6 Å². The van der Waals surface area contributed by atoms with Gasteiger partial charge in [-0.1, -0.05) is 0 Å². The Kier molecular flexibility index (Phi) is 13.7. The molecule has 0 radical (unpaired) electrons. The smallest absolute Gasteiger partial charge is 0.326 e. The van der Waals surface area contributed by atoms with Crippen molar-refractivity contribution < 1.29 is 44.1 Å². The van der Waals surface area contributed by atoms with E-state index in [0.29, 0.717) is 11.4 Å². The molecule has 3 aromatic rings. The number of amides is 3. The number of nitrogens with two attached hydrogens (primary N) is 2. The van der Waals surface area contributed by atoms with Crippen LogP contribution in [0, 0.1) is 0 Å². The Morgan fingerprint density at radius 2 is 1.59 bits per heavy atom. The third-order valence-corrected chi connectivity index (χ3v) is 5.90. The van der Waals surface area contributed by atoms with Crippen molar-refractivity contribution in [2.45, 2.75) is 31.5 Å². The van der Waals surface area contributed by atoms with Gasteiger partial charge in [0.1, 0.15) is 12.1 Å². The number of fused-ring (bicyclic) bond motifs is 1. The molecule has 1 aliphatic heterocycles. The number of H-pyrrole nitrogens is 1. The molecule has 2 unspecified atom stereocenters. The summed E-state index contributed by atoms with van der Waals surface area (Å²) in [6, 6.07) is 4.05. The minimum absolute atomic E-state index is 0.0524. The monoisotopic (exact) mass is 659 g/mol.